The molecule has 0 radical (unpaired) electrons. The third-order valence-corrected chi connectivity index (χ3v) is 3.86. The molecule has 21 heavy (non-hydrogen) atoms. The van der Waals surface area contributed by atoms with Crippen molar-refractivity contribution in [1.82, 2.24) is 9.80 Å². The van der Waals surface area contributed by atoms with Crippen molar-refractivity contribution in [1.29, 1.82) is 0 Å². The number of ether oxygens (including phenoxy) is 1. The number of carbonyl (C=O) groups is 1. The van der Waals surface area contributed by atoms with Gasteiger partial charge in [-0.2, -0.15) is 0 Å². The second kappa shape index (κ2) is 7.43. The van der Waals surface area contributed by atoms with E-state index in [1.165, 1.54) is 0 Å². The first-order valence-corrected chi connectivity index (χ1v) is 7.40. The highest BCUT2D eigenvalue weighted by Gasteiger charge is 2.25. The first-order valence-electron chi connectivity index (χ1n) is 7.40. The fourth-order valence-electron chi connectivity index (χ4n) is 2.65. The summed E-state index contributed by atoms with van der Waals surface area (Å²) in [5.74, 6) is 0.991. The lowest BCUT2D eigenvalue weighted by molar-refractivity contribution is -0.128. The van der Waals surface area contributed by atoms with Crippen molar-refractivity contribution in [2.24, 2.45) is 0 Å². The maximum atomic E-state index is 11.6. The number of nitrogens with zero attached hydrogens (tertiary/aromatic N) is 2. The van der Waals surface area contributed by atoms with Gasteiger partial charge >= 0.3 is 0 Å². The smallest absolute Gasteiger partial charge is 0.222 e. The van der Waals surface area contributed by atoms with Crippen LogP contribution in [0.2, 0.25) is 0 Å². The number of carbonyl (C=O) groups excluding carboxylic acids is 1. The standard InChI is InChI=1S/C16H24N2O3/c1-17(2)16(20)8-5-9-18-10-11-21-15-7-4-3-6-13(15)14(18)12-19/h3-4,6-7,14,19H,5,8-12H2,1-2H3. The highest BCUT2D eigenvalue weighted by molar-refractivity contribution is 5.75. The van der Waals surface area contributed by atoms with Crippen molar-refractivity contribution in [2.75, 3.05) is 40.4 Å². The molecule has 0 saturated carbocycles. The molecule has 1 amide bonds. The van der Waals surface area contributed by atoms with Crippen LogP contribution in [-0.2, 0) is 4.79 Å². The van der Waals surface area contributed by atoms with Crippen LogP contribution in [0.25, 0.3) is 0 Å². The van der Waals surface area contributed by atoms with E-state index in [0.29, 0.717) is 13.0 Å². The molecule has 1 aliphatic rings. The molecule has 1 heterocycles. The fraction of sp³-hybridized carbons (Fsp3) is 0.562. The molecule has 0 spiro atoms. The van der Waals surface area contributed by atoms with Gasteiger partial charge in [-0.15, -0.1) is 0 Å². The summed E-state index contributed by atoms with van der Waals surface area (Å²) in [6, 6.07) is 7.79. The van der Waals surface area contributed by atoms with Crippen molar-refractivity contribution >= 4 is 5.91 Å². The number of hydrogen-bond acceptors (Lipinski definition) is 4. The molecule has 1 N–H and O–H groups in total. The molecule has 0 aliphatic carbocycles. The van der Waals surface area contributed by atoms with Gasteiger partial charge in [0, 0.05) is 32.6 Å². The van der Waals surface area contributed by atoms with Gasteiger partial charge in [0.25, 0.3) is 0 Å². The van der Waals surface area contributed by atoms with E-state index in [1.807, 2.05) is 24.3 Å². The Kier molecular flexibility index (Phi) is 5.59. The number of fused-ring (bicyclic) bond motifs is 1. The van der Waals surface area contributed by atoms with Crippen LogP contribution in [-0.4, -0.2) is 61.2 Å². The van der Waals surface area contributed by atoms with Crippen molar-refractivity contribution in [3.05, 3.63) is 29.8 Å². The molecule has 0 bridgehead atoms. The summed E-state index contributed by atoms with van der Waals surface area (Å²) >= 11 is 0. The zero-order chi connectivity index (χ0) is 15.2. The molecule has 0 saturated heterocycles. The maximum absolute atomic E-state index is 11.6. The lowest BCUT2D eigenvalue weighted by atomic mass is 10.0. The molecule has 2 rings (SSSR count). The number of benzene rings is 1. The normalized spacial score (nSPS) is 18.5. The van der Waals surface area contributed by atoms with Crippen LogP contribution in [0.4, 0.5) is 0 Å². The van der Waals surface area contributed by atoms with Crippen LogP contribution in [0.5, 0.6) is 5.75 Å². The van der Waals surface area contributed by atoms with Gasteiger partial charge in [0.15, 0.2) is 0 Å². The van der Waals surface area contributed by atoms with E-state index in [2.05, 4.69) is 4.90 Å². The average molecular weight is 292 g/mol. The number of hydrogen-bond donors (Lipinski definition) is 1. The van der Waals surface area contributed by atoms with Gasteiger partial charge in [0.05, 0.1) is 12.6 Å². The van der Waals surface area contributed by atoms with Gasteiger partial charge < -0.3 is 14.7 Å². The quantitative estimate of drug-likeness (QED) is 0.888. The number of para-hydroxylation sites is 1. The molecule has 0 fully saturated rings. The monoisotopic (exact) mass is 292 g/mol. The van der Waals surface area contributed by atoms with Crippen LogP contribution < -0.4 is 4.74 Å². The van der Waals surface area contributed by atoms with Crippen LogP contribution in [0.1, 0.15) is 24.4 Å². The first kappa shape index (κ1) is 15.8. The second-order valence-corrected chi connectivity index (χ2v) is 5.51. The Hall–Kier alpha value is -1.59. The van der Waals surface area contributed by atoms with E-state index in [0.717, 1.165) is 30.8 Å². The van der Waals surface area contributed by atoms with Crippen molar-refractivity contribution < 1.29 is 14.6 Å². The summed E-state index contributed by atoms with van der Waals surface area (Å²) in [5, 5.41) is 9.76. The van der Waals surface area contributed by atoms with Gasteiger partial charge in [-0.25, -0.2) is 0 Å². The van der Waals surface area contributed by atoms with Gasteiger partial charge in [0.1, 0.15) is 12.4 Å². The van der Waals surface area contributed by atoms with Gasteiger partial charge in [-0.3, -0.25) is 9.69 Å². The summed E-state index contributed by atoms with van der Waals surface area (Å²) < 4.78 is 5.75. The van der Waals surface area contributed by atoms with Crippen molar-refractivity contribution in [3.63, 3.8) is 0 Å². The van der Waals surface area contributed by atoms with Crippen LogP contribution in [0, 0.1) is 0 Å². The van der Waals surface area contributed by atoms with Crippen molar-refractivity contribution in [3.8, 4) is 5.75 Å². The number of rotatable bonds is 5. The minimum absolute atomic E-state index is 0.0573. The molecule has 1 aromatic carbocycles. The summed E-state index contributed by atoms with van der Waals surface area (Å²) in [4.78, 5) is 15.5. The predicted octanol–water partition coefficient (Wildman–Crippen LogP) is 1.28. The third-order valence-electron chi connectivity index (χ3n) is 3.86. The molecule has 1 atom stereocenters. The van der Waals surface area contributed by atoms with Gasteiger partial charge in [0.2, 0.25) is 5.91 Å². The third kappa shape index (κ3) is 3.95. The number of aliphatic hydroxyl groups excluding tert-OH is 1. The highest BCUT2D eigenvalue weighted by atomic mass is 16.5. The molecule has 1 aliphatic heterocycles. The van der Waals surface area contributed by atoms with Crippen LogP contribution in [0.15, 0.2) is 24.3 Å². The Labute approximate surface area is 126 Å². The second-order valence-electron chi connectivity index (χ2n) is 5.51. The van der Waals surface area contributed by atoms with E-state index in [4.69, 9.17) is 4.74 Å². The molecule has 5 nitrogen and oxygen atoms in total. The Morgan fingerprint density at radius 2 is 2.19 bits per heavy atom. The summed E-state index contributed by atoms with van der Waals surface area (Å²) in [6.45, 7) is 2.20. The van der Waals surface area contributed by atoms with Crippen LogP contribution in [0.3, 0.4) is 0 Å². The Morgan fingerprint density at radius 1 is 1.43 bits per heavy atom. The van der Waals surface area contributed by atoms with Crippen molar-refractivity contribution in [2.45, 2.75) is 18.9 Å². The van der Waals surface area contributed by atoms with E-state index in [-0.39, 0.29) is 18.6 Å². The number of amides is 1. The van der Waals surface area contributed by atoms with Crippen LogP contribution >= 0.6 is 0 Å². The Morgan fingerprint density at radius 3 is 2.90 bits per heavy atom. The first-order chi connectivity index (χ1) is 10.1. The molecular weight excluding hydrogens is 268 g/mol. The van der Waals surface area contributed by atoms with E-state index >= 15 is 0 Å². The molecular formula is C16H24N2O3. The van der Waals surface area contributed by atoms with Gasteiger partial charge in [-0.05, 0) is 19.0 Å². The minimum atomic E-state index is -0.0573. The topological polar surface area (TPSA) is 53.0 Å². The molecule has 5 heteroatoms. The summed E-state index contributed by atoms with van der Waals surface area (Å²) in [6.07, 6.45) is 1.32. The maximum Gasteiger partial charge on any atom is 0.222 e. The summed E-state index contributed by atoms with van der Waals surface area (Å²) in [7, 11) is 3.55. The molecule has 116 valence electrons. The SMILES string of the molecule is CN(C)C(=O)CCCN1CCOc2ccccc2C1CO. The number of aliphatic hydroxyl groups is 1. The Balaban J connectivity index is 2.01. The predicted molar refractivity (Wildman–Crippen MR) is 81.3 cm³/mol. The highest BCUT2D eigenvalue weighted by Crippen LogP contribution is 2.31. The lowest BCUT2D eigenvalue weighted by Gasteiger charge is -2.28. The summed E-state index contributed by atoms with van der Waals surface area (Å²) in [5.41, 5.74) is 1.02. The van der Waals surface area contributed by atoms with Gasteiger partial charge in [-0.1, -0.05) is 18.2 Å². The molecule has 1 aromatic rings. The Bertz CT molecular complexity index is 476. The van der Waals surface area contributed by atoms with E-state index in [1.54, 1.807) is 19.0 Å². The minimum Gasteiger partial charge on any atom is -0.492 e. The molecule has 0 aromatic heterocycles. The largest absolute Gasteiger partial charge is 0.492 e. The fourth-order valence-corrected chi connectivity index (χ4v) is 2.65. The zero-order valence-corrected chi connectivity index (χ0v) is 12.8. The van der Waals surface area contributed by atoms with E-state index < -0.39 is 0 Å². The average Bonchev–Trinajstić information content (AvgIpc) is 2.65. The molecule has 1 unspecified atom stereocenters. The van der Waals surface area contributed by atoms with E-state index in [9.17, 15) is 9.90 Å². The zero-order valence-electron chi connectivity index (χ0n) is 12.8. The lowest BCUT2D eigenvalue weighted by Crippen LogP contribution is -2.34.